The summed E-state index contributed by atoms with van der Waals surface area (Å²) in [5, 5.41) is 7.62. The summed E-state index contributed by atoms with van der Waals surface area (Å²) in [5.41, 5.74) is 5.06. The van der Waals surface area contributed by atoms with E-state index in [0.717, 1.165) is 13.1 Å². The summed E-state index contributed by atoms with van der Waals surface area (Å²) in [5.74, 6) is 0. The largest absolute Gasteiger partial charge is 0.316 e. The summed E-state index contributed by atoms with van der Waals surface area (Å²) in [6, 6.07) is 8.48. The normalized spacial score (nSPS) is 10.8. The highest BCUT2D eigenvalue weighted by molar-refractivity contribution is 5.68. The van der Waals surface area contributed by atoms with E-state index in [4.69, 9.17) is 0 Å². The van der Waals surface area contributed by atoms with Crippen LogP contribution >= 0.6 is 0 Å². The molecule has 0 aliphatic carbocycles. The number of rotatable bonds is 4. The molecule has 0 saturated carbocycles. The van der Waals surface area contributed by atoms with Crippen molar-refractivity contribution in [2.24, 2.45) is 0 Å². The monoisotopic (exact) mass is 229 g/mol. The number of hydrogen-bond acceptors (Lipinski definition) is 2. The molecule has 3 heteroatoms. The summed E-state index contributed by atoms with van der Waals surface area (Å²) in [4.78, 5) is 0. The van der Waals surface area contributed by atoms with Crippen molar-refractivity contribution in [3.63, 3.8) is 0 Å². The van der Waals surface area contributed by atoms with Crippen LogP contribution in [0.5, 0.6) is 0 Å². The van der Waals surface area contributed by atoms with Crippen LogP contribution in [0.4, 0.5) is 0 Å². The maximum absolute atomic E-state index is 4.41. The highest BCUT2D eigenvalue weighted by Crippen LogP contribution is 2.26. The minimum Gasteiger partial charge on any atom is -0.316 e. The van der Waals surface area contributed by atoms with Gasteiger partial charge in [-0.05, 0) is 32.0 Å². The van der Waals surface area contributed by atoms with Crippen molar-refractivity contribution in [2.45, 2.75) is 26.9 Å². The molecule has 90 valence electrons. The Hall–Kier alpha value is -1.61. The first-order valence-corrected chi connectivity index (χ1v) is 6.03. The number of aryl methyl sites for hydroxylation is 1. The van der Waals surface area contributed by atoms with E-state index in [-0.39, 0.29) is 0 Å². The molecule has 1 heterocycles. The molecule has 0 spiro atoms. The van der Waals surface area contributed by atoms with Crippen molar-refractivity contribution in [3.8, 4) is 11.1 Å². The third-order valence-electron chi connectivity index (χ3n) is 3.08. The van der Waals surface area contributed by atoms with Gasteiger partial charge in [-0.25, -0.2) is 0 Å². The predicted molar refractivity (Wildman–Crippen MR) is 70.8 cm³/mol. The van der Waals surface area contributed by atoms with Crippen LogP contribution in [0.15, 0.2) is 30.5 Å². The lowest BCUT2D eigenvalue weighted by atomic mass is 10.0. The lowest BCUT2D eigenvalue weighted by Crippen LogP contribution is -2.06. The molecule has 3 nitrogen and oxygen atoms in total. The number of benzene rings is 1. The van der Waals surface area contributed by atoms with Gasteiger partial charge in [0, 0.05) is 24.3 Å². The third-order valence-corrected chi connectivity index (χ3v) is 3.08. The third kappa shape index (κ3) is 2.24. The number of aromatic nitrogens is 2. The van der Waals surface area contributed by atoms with Crippen LogP contribution in [0.2, 0.25) is 0 Å². The van der Waals surface area contributed by atoms with Crippen molar-refractivity contribution < 1.29 is 0 Å². The van der Waals surface area contributed by atoms with Crippen LogP contribution in [0.3, 0.4) is 0 Å². The number of nitrogens with zero attached hydrogens (tertiary/aromatic N) is 2. The maximum atomic E-state index is 4.41. The van der Waals surface area contributed by atoms with Gasteiger partial charge in [0.15, 0.2) is 0 Å². The van der Waals surface area contributed by atoms with Gasteiger partial charge in [-0.1, -0.05) is 24.3 Å². The molecule has 0 saturated heterocycles. The van der Waals surface area contributed by atoms with Crippen molar-refractivity contribution in [1.29, 1.82) is 0 Å². The van der Waals surface area contributed by atoms with Crippen molar-refractivity contribution in [1.82, 2.24) is 15.1 Å². The van der Waals surface area contributed by atoms with Gasteiger partial charge in [0.2, 0.25) is 0 Å². The minimum absolute atomic E-state index is 0.882. The first kappa shape index (κ1) is 11.9. The molecular formula is C14H19N3. The van der Waals surface area contributed by atoms with E-state index in [0.29, 0.717) is 0 Å². The van der Waals surface area contributed by atoms with Gasteiger partial charge in [-0.3, -0.25) is 4.68 Å². The van der Waals surface area contributed by atoms with Gasteiger partial charge in [0.25, 0.3) is 0 Å². The Kier molecular flexibility index (Phi) is 3.59. The molecule has 0 unspecified atom stereocenters. The summed E-state index contributed by atoms with van der Waals surface area (Å²) >= 11 is 0. The van der Waals surface area contributed by atoms with Crippen LogP contribution in [0, 0.1) is 6.92 Å². The highest BCUT2D eigenvalue weighted by atomic mass is 15.3. The highest BCUT2D eigenvalue weighted by Gasteiger charge is 2.10. The van der Waals surface area contributed by atoms with Crippen LogP contribution in [0.25, 0.3) is 11.1 Å². The standard InChI is InChI=1S/C14H19N3/c1-4-17-11(2)14(10-16-17)13-8-6-5-7-12(13)9-15-3/h5-8,10,15H,4,9H2,1-3H3. The van der Waals surface area contributed by atoms with Gasteiger partial charge in [0.1, 0.15) is 0 Å². The van der Waals surface area contributed by atoms with Crippen molar-refractivity contribution in [3.05, 3.63) is 41.7 Å². The Bertz CT molecular complexity index is 500. The second kappa shape index (κ2) is 5.15. The zero-order chi connectivity index (χ0) is 12.3. The summed E-state index contributed by atoms with van der Waals surface area (Å²) in [7, 11) is 1.97. The Labute approximate surface area is 102 Å². The van der Waals surface area contributed by atoms with E-state index < -0.39 is 0 Å². The predicted octanol–water partition coefficient (Wildman–Crippen LogP) is 2.60. The van der Waals surface area contributed by atoms with Gasteiger partial charge < -0.3 is 5.32 Å². The van der Waals surface area contributed by atoms with E-state index in [1.807, 2.05) is 17.9 Å². The number of nitrogens with one attached hydrogen (secondary N) is 1. The zero-order valence-corrected chi connectivity index (χ0v) is 10.7. The van der Waals surface area contributed by atoms with E-state index >= 15 is 0 Å². The molecule has 1 aromatic heterocycles. The van der Waals surface area contributed by atoms with Crippen molar-refractivity contribution in [2.75, 3.05) is 7.05 Å². The Balaban J connectivity index is 2.48. The summed E-state index contributed by atoms with van der Waals surface area (Å²) in [6.07, 6.45) is 1.97. The van der Waals surface area contributed by atoms with Crippen molar-refractivity contribution >= 4 is 0 Å². The topological polar surface area (TPSA) is 29.9 Å². The summed E-state index contributed by atoms with van der Waals surface area (Å²) < 4.78 is 2.03. The van der Waals surface area contributed by atoms with Crippen LogP contribution in [0.1, 0.15) is 18.2 Å². The Morgan fingerprint density at radius 1 is 1.24 bits per heavy atom. The molecule has 0 amide bonds. The molecule has 0 fully saturated rings. The molecule has 17 heavy (non-hydrogen) atoms. The van der Waals surface area contributed by atoms with Crippen LogP contribution in [-0.4, -0.2) is 16.8 Å². The van der Waals surface area contributed by atoms with Gasteiger partial charge >= 0.3 is 0 Å². The molecule has 0 aliphatic heterocycles. The fourth-order valence-electron chi connectivity index (χ4n) is 2.16. The quantitative estimate of drug-likeness (QED) is 0.873. The molecule has 0 atom stereocenters. The first-order chi connectivity index (χ1) is 8.27. The fraction of sp³-hybridized carbons (Fsp3) is 0.357. The van der Waals surface area contributed by atoms with Gasteiger partial charge in [0.05, 0.1) is 6.20 Å². The molecular weight excluding hydrogens is 210 g/mol. The average molecular weight is 229 g/mol. The smallest absolute Gasteiger partial charge is 0.0571 e. The Morgan fingerprint density at radius 3 is 2.65 bits per heavy atom. The molecule has 0 radical (unpaired) electrons. The fourth-order valence-corrected chi connectivity index (χ4v) is 2.16. The second-order valence-electron chi connectivity index (χ2n) is 4.15. The van der Waals surface area contributed by atoms with Gasteiger partial charge in [-0.2, -0.15) is 5.10 Å². The summed E-state index contributed by atoms with van der Waals surface area (Å²) in [6.45, 7) is 6.04. The molecule has 2 rings (SSSR count). The van der Waals surface area contributed by atoms with E-state index in [1.54, 1.807) is 0 Å². The van der Waals surface area contributed by atoms with Gasteiger partial charge in [-0.15, -0.1) is 0 Å². The molecule has 0 bridgehead atoms. The Morgan fingerprint density at radius 2 is 2.00 bits per heavy atom. The van der Waals surface area contributed by atoms with E-state index in [9.17, 15) is 0 Å². The molecule has 0 aliphatic rings. The average Bonchev–Trinajstić information content (AvgIpc) is 2.72. The van der Waals surface area contributed by atoms with Crippen LogP contribution < -0.4 is 5.32 Å². The zero-order valence-electron chi connectivity index (χ0n) is 10.7. The molecule has 1 aromatic carbocycles. The molecule has 1 N–H and O–H groups in total. The SMILES string of the molecule is CCn1ncc(-c2ccccc2CNC)c1C. The second-order valence-corrected chi connectivity index (χ2v) is 4.15. The lowest BCUT2D eigenvalue weighted by molar-refractivity contribution is 0.640. The minimum atomic E-state index is 0.882. The lowest BCUT2D eigenvalue weighted by Gasteiger charge is -2.09. The van der Waals surface area contributed by atoms with E-state index in [1.165, 1.54) is 22.4 Å². The van der Waals surface area contributed by atoms with Crippen LogP contribution in [-0.2, 0) is 13.1 Å². The molecule has 2 aromatic rings. The van der Waals surface area contributed by atoms with E-state index in [2.05, 4.69) is 48.5 Å². The maximum Gasteiger partial charge on any atom is 0.0571 e. The first-order valence-electron chi connectivity index (χ1n) is 6.03. The number of hydrogen-bond donors (Lipinski definition) is 1.